The van der Waals surface area contributed by atoms with E-state index in [4.69, 9.17) is 0 Å². The third kappa shape index (κ3) is 3.12. The molecule has 1 fully saturated rings. The molecule has 4 heteroatoms. The SMILES string of the molecule is CCN=C1S/C(=C\c2ccc(CC)cc2)C(=O)N1CC. The number of hydrogen-bond donors (Lipinski definition) is 0. The van der Waals surface area contributed by atoms with Gasteiger partial charge in [-0.05, 0) is 49.2 Å². The van der Waals surface area contributed by atoms with Gasteiger partial charge in [-0.2, -0.15) is 0 Å². The van der Waals surface area contributed by atoms with Crippen LogP contribution in [-0.2, 0) is 11.2 Å². The summed E-state index contributed by atoms with van der Waals surface area (Å²) in [5.74, 6) is 0.0595. The van der Waals surface area contributed by atoms with Crippen molar-refractivity contribution in [2.45, 2.75) is 27.2 Å². The standard InChI is InChI=1S/C16H20N2OS/c1-4-12-7-9-13(10-8-12)11-14-15(19)18(6-3)16(20-14)17-5-2/h7-11H,4-6H2,1-3H3/b14-11-,17-16?. The minimum absolute atomic E-state index is 0.0595. The molecule has 106 valence electrons. The van der Waals surface area contributed by atoms with Crippen molar-refractivity contribution in [1.29, 1.82) is 0 Å². The number of thioether (sulfide) groups is 1. The average Bonchev–Trinajstić information content (AvgIpc) is 2.76. The van der Waals surface area contributed by atoms with Gasteiger partial charge in [0.15, 0.2) is 5.17 Å². The van der Waals surface area contributed by atoms with Crippen LogP contribution in [0.15, 0.2) is 34.2 Å². The van der Waals surface area contributed by atoms with Crippen LogP contribution in [0.25, 0.3) is 6.08 Å². The number of amidine groups is 1. The molecule has 0 atom stereocenters. The van der Waals surface area contributed by atoms with Crippen LogP contribution in [0.1, 0.15) is 31.9 Å². The number of amides is 1. The van der Waals surface area contributed by atoms with E-state index in [2.05, 4.69) is 36.2 Å². The minimum Gasteiger partial charge on any atom is -0.287 e. The first-order chi connectivity index (χ1) is 9.69. The van der Waals surface area contributed by atoms with Crippen LogP contribution in [0.2, 0.25) is 0 Å². The predicted octanol–water partition coefficient (Wildman–Crippen LogP) is 3.56. The van der Waals surface area contributed by atoms with Crippen molar-refractivity contribution in [1.82, 2.24) is 4.90 Å². The summed E-state index contributed by atoms with van der Waals surface area (Å²) in [6, 6.07) is 8.33. The molecule has 0 N–H and O–H groups in total. The lowest BCUT2D eigenvalue weighted by Gasteiger charge is -2.11. The Kier molecular flexibility index (Phi) is 5.01. The van der Waals surface area contributed by atoms with Gasteiger partial charge >= 0.3 is 0 Å². The lowest BCUT2D eigenvalue weighted by molar-refractivity contribution is -0.122. The van der Waals surface area contributed by atoms with Crippen LogP contribution in [0.5, 0.6) is 0 Å². The second-order valence-corrected chi connectivity index (χ2v) is 5.52. The molecule has 0 radical (unpaired) electrons. The summed E-state index contributed by atoms with van der Waals surface area (Å²) in [5.41, 5.74) is 2.37. The monoisotopic (exact) mass is 288 g/mol. The fourth-order valence-corrected chi connectivity index (χ4v) is 3.15. The summed E-state index contributed by atoms with van der Waals surface area (Å²) < 4.78 is 0. The van der Waals surface area contributed by atoms with Gasteiger partial charge in [0, 0.05) is 13.1 Å². The summed E-state index contributed by atoms with van der Waals surface area (Å²) in [6.07, 6.45) is 2.98. The molecule has 3 nitrogen and oxygen atoms in total. The minimum atomic E-state index is 0.0595. The summed E-state index contributed by atoms with van der Waals surface area (Å²) in [7, 11) is 0. The van der Waals surface area contributed by atoms with Crippen LogP contribution >= 0.6 is 11.8 Å². The highest BCUT2D eigenvalue weighted by molar-refractivity contribution is 8.18. The lowest BCUT2D eigenvalue weighted by Crippen LogP contribution is -2.28. The molecule has 0 aromatic heterocycles. The van der Waals surface area contributed by atoms with Gasteiger partial charge in [-0.25, -0.2) is 0 Å². The Morgan fingerprint density at radius 2 is 1.90 bits per heavy atom. The third-order valence-corrected chi connectivity index (χ3v) is 4.23. The molecular formula is C16H20N2OS. The number of carbonyl (C=O) groups is 1. The number of carbonyl (C=O) groups excluding carboxylic acids is 1. The molecule has 1 aliphatic rings. The number of benzene rings is 1. The van der Waals surface area contributed by atoms with E-state index in [1.165, 1.54) is 17.3 Å². The van der Waals surface area contributed by atoms with E-state index in [1.807, 2.05) is 19.9 Å². The Bertz CT molecular complexity index is 546. The second-order valence-electron chi connectivity index (χ2n) is 4.51. The summed E-state index contributed by atoms with van der Waals surface area (Å²) in [4.78, 5) is 19.2. The highest BCUT2D eigenvalue weighted by Crippen LogP contribution is 2.32. The van der Waals surface area contributed by atoms with Gasteiger partial charge in [0.05, 0.1) is 4.91 Å². The van der Waals surface area contributed by atoms with Crippen molar-refractivity contribution in [3.05, 3.63) is 40.3 Å². The zero-order valence-electron chi connectivity index (χ0n) is 12.2. The van der Waals surface area contributed by atoms with Gasteiger partial charge in [-0.1, -0.05) is 31.2 Å². The molecule has 1 heterocycles. The fourth-order valence-electron chi connectivity index (χ4n) is 2.04. The van der Waals surface area contributed by atoms with Gasteiger partial charge in [0.1, 0.15) is 0 Å². The number of nitrogens with zero attached hydrogens (tertiary/aromatic N) is 2. The van der Waals surface area contributed by atoms with Gasteiger partial charge in [0.2, 0.25) is 0 Å². The number of likely N-dealkylation sites (N-methyl/N-ethyl adjacent to an activating group) is 1. The Labute approximate surface area is 124 Å². The van der Waals surface area contributed by atoms with Crippen molar-refractivity contribution in [3.63, 3.8) is 0 Å². The number of hydrogen-bond acceptors (Lipinski definition) is 3. The van der Waals surface area contributed by atoms with Gasteiger partial charge in [-0.3, -0.25) is 14.7 Å². The molecule has 1 saturated heterocycles. The van der Waals surface area contributed by atoms with Crippen LogP contribution in [0.3, 0.4) is 0 Å². The van der Waals surface area contributed by atoms with Gasteiger partial charge in [-0.15, -0.1) is 0 Å². The van der Waals surface area contributed by atoms with Crippen LogP contribution in [-0.4, -0.2) is 29.1 Å². The van der Waals surface area contributed by atoms with E-state index >= 15 is 0 Å². The van der Waals surface area contributed by atoms with E-state index in [0.29, 0.717) is 13.1 Å². The van der Waals surface area contributed by atoms with E-state index in [1.54, 1.807) is 4.90 Å². The average molecular weight is 288 g/mol. The first-order valence-corrected chi connectivity index (χ1v) is 7.86. The molecule has 1 aliphatic heterocycles. The summed E-state index contributed by atoms with van der Waals surface area (Å²) in [5, 5.41) is 0.816. The first-order valence-electron chi connectivity index (χ1n) is 7.04. The smallest absolute Gasteiger partial charge is 0.266 e. The number of aryl methyl sites for hydroxylation is 1. The van der Waals surface area contributed by atoms with Crippen molar-refractivity contribution >= 4 is 28.9 Å². The van der Waals surface area contributed by atoms with E-state index < -0.39 is 0 Å². The Balaban J connectivity index is 2.25. The maximum Gasteiger partial charge on any atom is 0.266 e. The molecule has 1 amide bonds. The Hall–Kier alpha value is -1.55. The normalized spacial score (nSPS) is 19.4. The molecular weight excluding hydrogens is 268 g/mol. The molecule has 20 heavy (non-hydrogen) atoms. The lowest BCUT2D eigenvalue weighted by atomic mass is 10.1. The zero-order valence-corrected chi connectivity index (χ0v) is 13.0. The molecule has 1 aromatic carbocycles. The maximum absolute atomic E-state index is 12.3. The highest BCUT2D eigenvalue weighted by Gasteiger charge is 2.31. The fraction of sp³-hybridized carbons (Fsp3) is 0.375. The number of rotatable bonds is 4. The first kappa shape index (κ1) is 14.9. The van der Waals surface area contributed by atoms with Gasteiger partial charge < -0.3 is 0 Å². The number of aliphatic imine (C=N–C) groups is 1. The Morgan fingerprint density at radius 3 is 2.45 bits per heavy atom. The summed E-state index contributed by atoms with van der Waals surface area (Å²) >= 11 is 1.47. The van der Waals surface area contributed by atoms with Crippen LogP contribution in [0, 0.1) is 0 Å². The molecule has 0 unspecified atom stereocenters. The molecule has 1 aromatic rings. The molecule has 0 bridgehead atoms. The third-order valence-electron chi connectivity index (χ3n) is 3.18. The van der Waals surface area contributed by atoms with Crippen molar-refractivity contribution < 1.29 is 4.79 Å². The molecule has 0 spiro atoms. The summed E-state index contributed by atoms with van der Waals surface area (Å²) in [6.45, 7) is 7.46. The van der Waals surface area contributed by atoms with E-state index in [9.17, 15) is 4.79 Å². The highest BCUT2D eigenvalue weighted by atomic mass is 32.2. The topological polar surface area (TPSA) is 32.7 Å². The quantitative estimate of drug-likeness (QED) is 0.794. The second kappa shape index (κ2) is 6.75. The van der Waals surface area contributed by atoms with Crippen molar-refractivity contribution in [3.8, 4) is 0 Å². The van der Waals surface area contributed by atoms with Crippen molar-refractivity contribution in [2.75, 3.05) is 13.1 Å². The maximum atomic E-state index is 12.3. The largest absolute Gasteiger partial charge is 0.287 e. The Morgan fingerprint density at radius 1 is 1.20 bits per heavy atom. The predicted molar refractivity (Wildman–Crippen MR) is 86.8 cm³/mol. The van der Waals surface area contributed by atoms with E-state index in [-0.39, 0.29) is 5.91 Å². The van der Waals surface area contributed by atoms with Crippen molar-refractivity contribution in [2.24, 2.45) is 4.99 Å². The molecule has 2 rings (SSSR count). The van der Waals surface area contributed by atoms with Gasteiger partial charge in [0.25, 0.3) is 5.91 Å². The van der Waals surface area contributed by atoms with E-state index in [0.717, 1.165) is 22.1 Å². The van der Waals surface area contributed by atoms with Crippen LogP contribution < -0.4 is 0 Å². The zero-order chi connectivity index (χ0) is 14.5. The van der Waals surface area contributed by atoms with Crippen LogP contribution in [0.4, 0.5) is 0 Å². The molecule has 0 saturated carbocycles. The molecule has 0 aliphatic carbocycles.